The van der Waals surface area contributed by atoms with Crippen LogP contribution in [-0.2, 0) is 24.3 Å². The van der Waals surface area contributed by atoms with Crippen molar-refractivity contribution in [3.63, 3.8) is 0 Å². The van der Waals surface area contributed by atoms with Gasteiger partial charge in [0.25, 0.3) is 11.8 Å². The third-order valence-corrected chi connectivity index (χ3v) is 4.85. The summed E-state index contributed by atoms with van der Waals surface area (Å²) in [6.45, 7) is 3.25. The maximum atomic E-state index is 14.3. The number of halogens is 2. The van der Waals surface area contributed by atoms with Gasteiger partial charge in [0, 0.05) is 12.5 Å². The van der Waals surface area contributed by atoms with E-state index in [1.807, 2.05) is 19.3 Å². The average molecular weight is 416 g/mol. The molecule has 0 aromatic heterocycles. The SMILES string of the molecule is CNC(CONC(=O)C1CC(F)(F)C2CN1C(=O)N2OS(=O)(=O)O)C(C)C. The number of likely N-dealkylation sites (N-methyl/N-ethyl adjacent to an activating group) is 1. The normalized spacial score (nSPS) is 25.8. The van der Waals surface area contributed by atoms with Crippen LogP contribution in [0.3, 0.4) is 0 Å². The molecule has 2 fully saturated rings. The van der Waals surface area contributed by atoms with Gasteiger partial charge in [-0.2, -0.15) is 13.5 Å². The van der Waals surface area contributed by atoms with Crippen LogP contribution in [0.15, 0.2) is 0 Å². The smallest absolute Gasteiger partial charge is 0.314 e. The maximum Gasteiger partial charge on any atom is 0.418 e. The number of piperidine rings is 1. The number of amides is 3. The Bertz CT molecular complexity index is 690. The molecule has 0 aromatic rings. The summed E-state index contributed by atoms with van der Waals surface area (Å²) < 4.78 is 62.9. The van der Waals surface area contributed by atoms with Crippen LogP contribution in [0.25, 0.3) is 0 Å². The highest BCUT2D eigenvalue weighted by Gasteiger charge is 2.62. The largest absolute Gasteiger partial charge is 0.418 e. The third-order valence-electron chi connectivity index (χ3n) is 4.50. The van der Waals surface area contributed by atoms with Crippen molar-refractivity contribution >= 4 is 22.3 Å². The van der Waals surface area contributed by atoms with E-state index in [1.165, 1.54) is 0 Å². The van der Waals surface area contributed by atoms with Crippen molar-refractivity contribution in [3.05, 3.63) is 0 Å². The molecule has 2 rings (SSSR count). The van der Waals surface area contributed by atoms with E-state index in [-0.39, 0.29) is 23.6 Å². The van der Waals surface area contributed by atoms with Crippen LogP contribution >= 0.6 is 0 Å². The summed E-state index contributed by atoms with van der Waals surface area (Å²) in [4.78, 5) is 30.2. The number of rotatable bonds is 8. The second-order valence-electron chi connectivity index (χ2n) is 6.68. The first-order chi connectivity index (χ1) is 12.4. The molecule has 2 aliphatic rings. The van der Waals surface area contributed by atoms with Crippen molar-refractivity contribution in [2.75, 3.05) is 20.2 Å². The van der Waals surface area contributed by atoms with Crippen LogP contribution in [-0.4, -0.2) is 79.1 Å². The predicted molar refractivity (Wildman–Crippen MR) is 85.5 cm³/mol. The number of fused-ring (bicyclic) bond motifs is 2. The number of urea groups is 1. The second kappa shape index (κ2) is 7.79. The summed E-state index contributed by atoms with van der Waals surface area (Å²) in [6.07, 6.45) is -1.05. The van der Waals surface area contributed by atoms with Crippen LogP contribution in [0.1, 0.15) is 20.3 Å². The molecule has 11 nitrogen and oxygen atoms in total. The van der Waals surface area contributed by atoms with Crippen molar-refractivity contribution in [2.45, 2.75) is 44.3 Å². The lowest BCUT2D eigenvalue weighted by Crippen LogP contribution is -2.56. The molecule has 3 amide bonds. The second-order valence-corrected chi connectivity index (χ2v) is 7.68. The highest BCUT2D eigenvalue weighted by molar-refractivity contribution is 7.80. The lowest BCUT2D eigenvalue weighted by Gasteiger charge is -2.34. The Morgan fingerprint density at radius 3 is 2.59 bits per heavy atom. The van der Waals surface area contributed by atoms with Crippen molar-refractivity contribution < 1.29 is 40.5 Å². The molecule has 0 spiro atoms. The molecule has 2 heterocycles. The Morgan fingerprint density at radius 2 is 2.07 bits per heavy atom. The van der Waals surface area contributed by atoms with Crippen LogP contribution in [0.5, 0.6) is 0 Å². The zero-order valence-corrected chi connectivity index (χ0v) is 15.7. The van der Waals surface area contributed by atoms with Gasteiger partial charge >= 0.3 is 16.4 Å². The number of alkyl halides is 2. The summed E-state index contributed by atoms with van der Waals surface area (Å²) in [6, 6.07) is -4.92. The minimum absolute atomic E-state index is 0.0670. The number of hydrogen-bond donors (Lipinski definition) is 3. The van der Waals surface area contributed by atoms with Crippen molar-refractivity contribution in [1.29, 1.82) is 0 Å². The van der Waals surface area contributed by atoms with E-state index in [1.54, 1.807) is 7.05 Å². The summed E-state index contributed by atoms with van der Waals surface area (Å²) in [5, 5.41) is 2.84. The molecule has 3 atom stereocenters. The van der Waals surface area contributed by atoms with E-state index < -0.39 is 53.3 Å². The van der Waals surface area contributed by atoms with Gasteiger partial charge in [-0.15, -0.1) is 4.28 Å². The fourth-order valence-corrected chi connectivity index (χ4v) is 3.34. The summed E-state index contributed by atoms with van der Waals surface area (Å²) in [5.41, 5.74) is 2.04. The summed E-state index contributed by atoms with van der Waals surface area (Å²) >= 11 is 0. The molecule has 2 saturated heterocycles. The van der Waals surface area contributed by atoms with Crippen molar-refractivity contribution in [3.8, 4) is 0 Å². The molecular formula is C13H22F2N4O7S. The molecule has 27 heavy (non-hydrogen) atoms. The maximum absolute atomic E-state index is 14.3. The highest BCUT2D eigenvalue weighted by atomic mass is 32.3. The third kappa shape index (κ3) is 4.82. The zero-order chi connectivity index (χ0) is 20.6. The number of nitrogens with one attached hydrogen (secondary N) is 2. The lowest BCUT2D eigenvalue weighted by atomic mass is 9.96. The number of carbonyl (C=O) groups excluding carboxylic acids is 2. The zero-order valence-electron chi connectivity index (χ0n) is 14.9. The fourth-order valence-electron chi connectivity index (χ4n) is 2.97. The molecule has 3 unspecified atom stereocenters. The van der Waals surface area contributed by atoms with Gasteiger partial charge in [-0.05, 0) is 13.0 Å². The van der Waals surface area contributed by atoms with Gasteiger partial charge in [0.2, 0.25) is 0 Å². The topological polar surface area (TPSA) is 138 Å². The average Bonchev–Trinajstić information content (AvgIpc) is 2.81. The van der Waals surface area contributed by atoms with Crippen molar-refractivity contribution in [2.24, 2.45) is 5.92 Å². The number of hydroxylamine groups is 3. The van der Waals surface area contributed by atoms with Gasteiger partial charge in [-0.3, -0.25) is 14.2 Å². The first-order valence-corrected chi connectivity index (χ1v) is 9.47. The van der Waals surface area contributed by atoms with E-state index in [4.69, 9.17) is 9.39 Å². The Kier molecular flexibility index (Phi) is 6.26. The molecule has 156 valence electrons. The quantitative estimate of drug-likeness (QED) is 0.357. The Hall–Kier alpha value is -1.61. The van der Waals surface area contributed by atoms with E-state index in [0.717, 1.165) is 4.90 Å². The summed E-state index contributed by atoms with van der Waals surface area (Å²) in [5.74, 6) is -4.42. The van der Waals surface area contributed by atoms with Gasteiger partial charge in [-0.1, -0.05) is 13.8 Å². The number of carbonyl (C=O) groups is 2. The molecule has 0 saturated carbocycles. The highest BCUT2D eigenvalue weighted by Crippen LogP contribution is 2.41. The van der Waals surface area contributed by atoms with Crippen LogP contribution in [0.2, 0.25) is 0 Å². The molecular weight excluding hydrogens is 394 g/mol. The molecule has 0 radical (unpaired) electrons. The molecule has 0 aliphatic carbocycles. The van der Waals surface area contributed by atoms with Crippen molar-refractivity contribution in [1.82, 2.24) is 20.8 Å². The first-order valence-electron chi connectivity index (χ1n) is 8.11. The summed E-state index contributed by atoms with van der Waals surface area (Å²) in [7, 11) is -3.49. The van der Waals surface area contributed by atoms with Crippen LogP contribution in [0.4, 0.5) is 13.6 Å². The van der Waals surface area contributed by atoms with Gasteiger partial charge < -0.3 is 10.2 Å². The van der Waals surface area contributed by atoms with E-state index >= 15 is 0 Å². The van der Waals surface area contributed by atoms with Crippen LogP contribution < -0.4 is 10.8 Å². The van der Waals surface area contributed by atoms with Gasteiger partial charge in [0.15, 0.2) is 0 Å². The van der Waals surface area contributed by atoms with Crippen LogP contribution in [0, 0.1) is 5.92 Å². The van der Waals surface area contributed by atoms with E-state index in [9.17, 15) is 26.8 Å². The predicted octanol–water partition coefficient (Wildman–Crippen LogP) is -0.474. The molecule has 2 aliphatic heterocycles. The lowest BCUT2D eigenvalue weighted by molar-refractivity contribution is -0.159. The Balaban J connectivity index is 2.07. The molecule has 2 bridgehead atoms. The Labute approximate surface area is 154 Å². The minimum atomic E-state index is -5.19. The molecule has 14 heteroatoms. The van der Waals surface area contributed by atoms with E-state index in [0.29, 0.717) is 0 Å². The van der Waals surface area contributed by atoms with E-state index in [2.05, 4.69) is 9.60 Å². The van der Waals surface area contributed by atoms with Gasteiger partial charge in [-0.25, -0.2) is 19.1 Å². The molecule has 0 aromatic carbocycles. The first kappa shape index (κ1) is 21.7. The monoisotopic (exact) mass is 416 g/mol. The van der Waals surface area contributed by atoms with Gasteiger partial charge in [0.05, 0.1) is 13.2 Å². The van der Waals surface area contributed by atoms with Gasteiger partial charge in [0.1, 0.15) is 12.1 Å². The fraction of sp³-hybridized carbons (Fsp3) is 0.846. The molecule has 3 N–H and O–H groups in total. The number of hydrogen-bond acceptors (Lipinski definition) is 7. The Morgan fingerprint density at radius 1 is 1.44 bits per heavy atom. The number of nitrogens with zero attached hydrogens (tertiary/aromatic N) is 2. The minimum Gasteiger partial charge on any atom is -0.314 e. The standard InChI is InChI=1S/C13H22F2N4O7S/c1-7(2)8(16-3)6-25-17-11(20)9-4-13(14,15)10-5-18(9)12(21)19(10)26-27(22,23)24/h7-10,16H,4-6H2,1-3H3,(H,17,20)(H,22,23,24).